The summed E-state index contributed by atoms with van der Waals surface area (Å²) in [7, 11) is 0. The van der Waals surface area contributed by atoms with E-state index in [-0.39, 0.29) is 16.7 Å². The summed E-state index contributed by atoms with van der Waals surface area (Å²) in [6, 6.07) is 4.16. The molecule has 1 heterocycles. The lowest BCUT2D eigenvalue weighted by molar-refractivity contribution is -0.117. The molecule has 0 radical (unpaired) electrons. The normalized spacial score (nSPS) is 15.2. The molecule has 1 amide bonds. The van der Waals surface area contributed by atoms with Crippen molar-refractivity contribution in [3.05, 3.63) is 23.2 Å². The van der Waals surface area contributed by atoms with E-state index in [1.54, 1.807) is 0 Å². The Morgan fingerprint density at radius 2 is 2.26 bits per heavy atom. The molecule has 19 heavy (non-hydrogen) atoms. The highest BCUT2D eigenvalue weighted by Gasteiger charge is 2.20. The molecule has 2 rings (SSSR count). The SMILES string of the molecule is O=C(CC1CNC1)Nc1ccc(OC(F)F)c(Cl)c1. The number of benzene rings is 1. The monoisotopic (exact) mass is 290 g/mol. The highest BCUT2D eigenvalue weighted by atomic mass is 35.5. The Kier molecular flexibility index (Phi) is 4.55. The average molecular weight is 291 g/mol. The highest BCUT2D eigenvalue weighted by molar-refractivity contribution is 6.32. The third-order valence-corrected chi connectivity index (χ3v) is 3.07. The molecule has 0 atom stereocenters. The maximum absolute atomic E-state index is 12.0. The lowest BCUT2D eigenvalue weighted by Crippen LogP contribution is -2.43. The second-order valence-corrected chi connectivity index (χ2v) is 4.71. The zero-order valence-electron chi connectivity index (χ0n) is 9.96. The molecule has 1 aliphatic heterocycles. The molecule has 0 aromatic heterocycles. The van der Waals surface area contributed by atoms with Gasteiger partial charge in [0.15, 0.2) is 0 Å². The Bertz CT molecular complexity index is 467. The molecule has 1 aromatic carbocycles. The molecule has 0 saturated carbocycles. The zero-order valence-corrected chi connectivity index (χ0v) is 10.7. The standard InChI is InChI=1S/C12H13ClF2N2O2/c13-9-4-8(1-2-10(9)19-12(14)15)17-11(18)3-7-5-16-6-7/h1-2,4,7,12,16H,3,5-6H2,(H,17,18). The summed E-state index contributed by atoms with van der Waals surface area (Å²) in [5, 5.41) is 5.78. The molecule has 0 unspecified atom stereocenters. The molecule has 4 nitrogen and oxygen atoms in total. The Balaban J connectivity index is 1.93. The number of halogens is 3. The van der Waals surface area contributed by atoms with Crippen LogP contribution >= 0.6 is 11.6 Å². The van der Waals surface area contributed by atoms with Crippen molar-refractivity contribution < 1.29 is 18.3 Å². The first-order valence-electron chi connectivity index (χ1n) is 5.79. The van der Waals surface area contributed by atoms with Gasteiger partial charge >= 0.3 is 6.61 Å². The van der Waals surface area contributed by atoms with Gasteiger partial charge in [0.05, 0.1) is 5.02 Å². The Hall–Kier alpha value is -1.40. The van der Waals surface area contributed by atoms with Crippen LogP contribution in [0.2, 0.25) is 5.02 Å². The van der Waals surface area contributed by atoms with E-state index in [4.69, 9.17) is 11.6 Å². The van der Waals surface area contributed by atoms with Gasteiger partial charge in [-0.3, -0.25) is 4.79 Å². The van der Waals surface area contributed by atoms with Gasteiger partial charge in [0.25, 0.3) is 0 Å². The van der Waals surface area contributed by atoms with Crippen LogP contribution in [0.25, 0.3) is 0 Å². The summed E-state index contributed by atoms with van der Waals surface area (Å²) in [6.45, 7) is -1.24. The molecule has 104 valence electrons. The van der Waals surface area contributed by atoms with Crippen LogP contribution in [0.3, 0.4) is 0 Å². The van der Waals surface area contributed by atoms with E-state index in [0.29, 0.717) is 18.0 Å². The average Bonchev–Trinajstić information content (AvgIpc) is 2.27. The van der Waals surface area contributed by atoms with Gasteiger partial charge in [-0.2, -0.15) is 8.78 Å². The fraction of sp³-hybridized carbons (Fsp3) is 0.417. The molecular formula is C12H13ClF2N2O2. The van der Waals surface area contributed by atoms with Crippen LogP contribution < -0.4 is 15.4 Å². The molecular weight excluding hydrogens is 278 g/mol. The van der Waals surface area contributed by atoms with Crippen LogP contribution in [0, 0.1) is 5.92 Å². The quantitative estimate of drug-likeness (QED) is 0.876. The van der Waals surface area contributed by atoms with E-state index < -0.39 is 6.61 Å². The lowest BCUT2D eigenvalue weighted by atomic mass is 9.99. The van der Waals surface area contributed by atoms with E-state index >= 15 is 0 Å². The topological polar surface area (TPSA) is 50.4 Å². The van der Waals surface area contributed by atoms with Crippen LogP contribution in [0.1, 0.15) is 6.42 Å². The van der Waals surface area contributed by atoms with Crippen molar-refractivity contribution in [1.82, 2.24) is 5.32 Å². The fourth-order valence-corrected chi connectivity index (χ4v) is 1.96. The number of rotatable bonds is 5. The second kappa shape index (κ2) is 6.16. The lowest BCUT2D eigenvalue weighted by Gasteiger charge is -2.26. The van der Waals surface area contributed by atoms with Crippen molar-refractivity contribution in [2.24, 2.45) is 5.92 Å². The smallest absolute Gasteiger partial charge is 0.387 e. The minimum Gasteiger partial charge on any atom is -0.433 e. The van der Waals surface area contributed by atoms with Crippen molar-refractivity contribution in [2.45, 2.75) is 13.0 Å². The number of hydrogen-bond acceptors (Lipinski definition) is 3. The van der Waals surface area contributed by atoms with Crippen LogP contribution in [-0.4, -0.2) is 25.6 Å². The largest absolute Gasteiger partial charge is 0.433 e. The van der Waals surface area contributed by atoms with Crippen molar-refractivity contribution >= 4 is 23.2 Å². The maximum atomic E-state index is 12.0. The number of carbonyl (C=O) groups is 1. The first-order chi connectivity index (χ1) is 9.04. The number of hydrogen-bond donors (Lipinski definition) is 2. The number of amides is 1. The van der Waals surface area contributed by atoms with Crippen molar-refractivity contribution in [3.8, 4) is 5.75 Å². The summed E-state index contributed by atoms with van der Waals surface area (Å²) in [5.74, 6) is 0.125. The van der Waals surface area contributed by atoms with Gasteiger partial charge in [0.2, 0.25) is 5.91 Å². The van der Waals surface area contributed by atoms with E-state index in [1.807, 2.05) is 0 Å². The van der Waals surface area contributed by atoms with E-state index in [2.05, 4.69) is 15.4 Å². The minimum absolute atomic E-state index is 0.0309. The Labute approximate surface area is 114 Å². The van der Waals surface area contributed by atoms with E-state index in [1.165, 1.54) is 18.2 Å². The summed E-state index contributed by atoms with van der Waals surface area (Å²) >= 11 is 5.78. The van der Waals surface area contributed by atoms with Gasteiger partial charge in [-0.05, 0) is 37.2 Å². The molecule has 7 heteroatoms. The van der Waals surface area contributed by atoms with E-state index in [9.17, 15) is 13.6 Å². The first kappa shape index (κ1) is 14.0. The molecule has 0 aliphatic carbocycles. The molecule has 2 N–H and O–H groups in total. The first-order valence-corrected chi connectivity index (χ1v) is 6.17. The van der Waals surface area contributed by atoms with Crippen LogP contribution in [-0.2, 0) is 4.79 Å². The van der Waals surface area contributed by atoms with Crippen molar-refractivity contribution in [3.63, 3.8) is 0 Å². The van der Waals surface area contributed by atoms with Gasteiger partial charge in [0, 0.05) is 12.1 Å². The maximum Gasteiger partial charge on any atom is 0.387 e. The number of anilines is 1. The molecule has 1 aliphatic rings. The van der Waals surface area contributed by atoms with Gasteiger partial charge in [0.1, 0.15) is 5.75 Å². The summed E-state index contributed by atoms with van der Waals surface area (Å²) in [4.78, 5) is 11.7. The number of alkyl halides is 2. The predicted octanol–water partition coefficient (Wildman–Crippen LogP) is 2.49. The number of nitrogens with one attached hydrogen (secondary N) is 2. The summed E-state index contributed by atoms with van der Waals surface area (Å²) in [6.07, 6.45) is 0.430. The number of carbonyl (C=O) groups excluding carboxylic acids is 1. The summed E-state index contributed by atoms with van der Waals surface area (Å²) in [5.41, 5.74) is 0.462. The van der Waals surface area contributed by atoms with Gasteiger partial charge in [-0.15, -0.1) is 0 Å². The molecule has 1 fully saturated rings. The second-order valence-electron chi connectivity index (χ2n) is 4.30. The van der Waals surface area contributed by atoms with Crippen molar-refractivity contribution in [2.75, 3.05) is 18.4 Å². The van der Waals surface area contributed by atoms with Crippen LogP contribution in [0.5, 0.6) is 5.75 Å². The zero-order chi connectivity index (χ0) is 13.8. The van der Waals surface area contributed by atoms with Gasteiger partial charge in [-0.25, -0.2) is 0 Å². The van der Waals surface area contributed by atoms with E-state index in [0.717, 1.165) is 13.1 Å². The Morgan fingerprint density at radius 1 is 1.53 bits per heavy atom. The van der Waals surface area contributed by atoms with Gasteiger partial charge < -0.3 is 15.4 Å². The third-order valence-electron chi connectivity index (χ3n) is 2.77. The van der Waals surface area contributed by atoms with Crippen LogP contribution in [0.4, 0.5) is 14.5 Å². The number of ether oxygens (including phenoxy) is 1. The van der Waals surface area contributed by atoms with Crippen LogP contribution in [0.15, 0.2) is 18.2 Å². The minimum atomic E-state index is -2.93. The predicted molar refractivity (Wildman–Crippen MR) is 67.7 cm³/mol. The molecule has 0 bridgehead atoms. The Morgan fingerprint density at radius 3 is 2.79 bits per heavy atom. The fourth-order valence-electron chi connectivity index (χ4n) is 1.74. The third kappa shape index (κ3) is 4.04. The van der Waals surface area contributed by atoms with Gasteiger partial charge in [-0.1, -0.05) is 11.6 Å². The molecule has 1 aromatic rings. The molecule has 0 spiro atoms. The molecule has 1 saturated heterocycles. The van der Waals surface area contributed by atoms with Crippen molar-refractivity contribution in [1.29, 1.82) is 0 Å². The summed E-state index contributed by atoms with van der Waals surface area (Å²) < 4.78 is 28.3. The highest BCUT2D eigenvalue weighted by Crippen LogP contribution is 2.29.